The highest BCUT2D eigenvalue weighted by Crippen LogP contribution is 2.36. The molecule has 0 radical (unpaired) electrons. The van der Waals surface area contributed by atoms with E-state index in [1.165, 1.54) is 28.5 Å². The van der Waals surface area contributed by atoms with E-state index in [2.05, 4.69) is 25.1 Å². The number of allylic oxidation sites excluding steroid dienone is 1. The van der Waals surface area contributed by atoms with Crippen molar-refractivity contribution in [2.75, 3.05) is 0 Å². The number of carbonyl (C=O) groups is 2. The monoisotopic (exact) mass is 304 g/mol. The van der Waals surface area contributed by atoms with E-state index in [-0.39, 0.29) is 17.1 Å². The fourth-order valence-corrected chi connectivity index (χ4v) is 3.88. The Morgan fingerprint density at radius 2 is 1.65 bits per heavy atom. The maximum atomic E-state index is 11.5. The molecule has 0 fully saturated rings. The van der Waals surface area contributed by atoms with Gasteiger partial charge in [-0.2, -0.15) is 0 Å². The second kappa shape index (κ2) is 5.85. The van der Waals surface area contributed by atoms with Crippen molar-refractivity contribution in [3.63, 3.8) is 0 Å². The molecule has 104 valence electrons. The van der Waals surface area contributed by atoms with Crippen LogP contribution in [0.25, 0.3) is 15.8 Å². The van der Waals surface area contributed by atoms with Crippen LogP contribution in [0.2, 0.25) is 0 Å². The largest absolute Gasteiger partial charge is 0.294 e. The average molecular weight is 304 g/mol. The summed E-state index contributed by atoms with van der Waals surface area (Å²) in [4.78, 5) is 27.8. The molecule has 0 aliphatic carbocycles. The number of aryl methyl sites for hydroxylation is 2. The molecule has 0 aromatic carbocycles. The molecule has 0 amide bonds. The molecular weight excluding hydrogens is 288 g/mol. The summed E-state index contributed by atoms with van der Waals surface area (Å²) in [6.45, 7) is 6.95. The van der Waals surface area contributed by atoms with Crippen molar-refractivity contribution in [1.82, 2.24) is 0 Å². The van der Waals surface area contributed by atoms with Gasteiger partial charge in [0.25, 0.3) is 0 Å². The molecule has 0 bridgehead atoms. The Morgan fingerprint density at radius 1 is 1.00 bits per heavy atom. The van der Waals surface area contributed by atoms with Crippen LogP contribution in [0.3, 0.4) is 0 Å². The number of thiophene rings is 2. The fourth-order valence-electron chi connectivity index (χ4n) is 1.93. The molecular formula is C16H16O2S2. The predicted octanol–water partition coefficient (Wildman–Crippen LogP) is 4.65. The van der Waals surface area contributed by atoms with Crippen LogP contribution in [0.1, 0.15) is 29.2 Å². The van der Waals surface area contributed by atoms with E-state index in [4.69, 9.17) is 0 Å². The van der Waals surface area contributed by atoms with E-state index in [1.54, 1.807) is 28.7 Å². The van der Waals surface area contributed by atoms with Crippen LogP contribution in [-0.4, -0.2) is 11.6 Å². The zero-order valence-corrected chi connectivity index (χ0v) is 13.6. The Kier molecular flexibility index (Phi) is 4.35. The number of rotatable bonds is 4. The molecule has 2 nitrogen and oxygen atoms in total. The van der Waals surface area contributed by atoms with Crippen LogP contribution < -0.4 is 0 Å². The molecule has 0 saturated heterocycles. The quantitative estimate of drug-likeness (QED) is 0.468. The maximum Gasteiger partial charge on any atom is 0.163 e. The molecule has 2 aromatic rings. The third-order valence-electron chi connectivity index (χ3n) is 3.00. The lowest BCUT2D eigenvalue weighted by molar-refractivity contribution is -0.119. The van der Waals surface area contributed by atoms with Crippen LogP contribution in [0.4, 0.5) is 0 Å². The topological polar surface area (TPSA) is 34.1 Å². The van der Waals surface area contributed by atoms with Gasteiger partial charge in [0.05, 0.1) is 5.57 Å². The summed E-state index contributed by atoms with van der Waals surface area (Å²) in [5.41, 5.74) is 1.22. The third kappa shape index (κ3) is 3.14. The van der Waals surface area contributed by atoms with E-state index in [1.807, 2.05) is 6.92 Å². The van der Waals surface area contributed by atoms with Crippen molar-refractivity contribution in [2.24, 2.45) is 0 Å². The van der Waals surface area contributed by atoms with Crippen molar-refractivity contribution >= 4 is 40.3 Å². The van der Waals surface area contributed by atoms with Crippen molar-refractivity contribution in [3.8, 4) is 9.75 Å². The zero-order chi connectivity index (χ0) is 14.9. The first-order chi connectivity index (χ1) is 9.38. The second-order valence-electron chi connectivity index (χ2n) is 4.70. The molecule has 0 spiro atoms. The second-order valence-corrected chi connectivity index (χ2v) is 7.25. The fraction of sp³-hybridized carbons (Fsp3) is 0.250. The Bertz CT molecular complexity index is 686. The van der Waals surface area contributed by atoms with Crippen LogP contribution in [0.15, 0.2) is 23.8 Å². The highest BCUT2D eigenvalue weighted by atomic mass is 32.1. The smallest absolute Gasteiger partial charge is 0.163 e. The molecule has 2 heterocycles. The lowest BCUT2D eigenvalue weighted by Gasteiger charge is -1.97. The molecule has 2 rings (SSSR count). The lowest BCUT2D eigenvalue weighted by atomic mass is 10.1. The van der Waals surface area contributed by atoms with Gasteiger partial charge in [0.1, 0.15) is 0 Å². The predicted molar refractivity (Wildman–Crippen MR) is 86.4 cm³/mol. The van der Waals surface area contributed by atoms with Gasteiger partial charge in [0.15, 0.2) is 11.6 Å². The van der Waals surface area contributed by atoms with Gasteiger partial charge < -0.3 is 0 Å². The first-order valence-electron chi connectivity index (χ1n) is 6.29. The van der Waals surface area contributed by atoms with E-state index >= 15 is 0 Å². The summed E-state index contributed by atoms with van der Waals surface area (Å²) in [5.74, 6) is -0.367. The van der Waals surface area contributed by atoms with Gasteiger partial charge in [-0.15, -0.1) is 22.7 Å². The molecule has 0 unspecified atom stereocenters. The molecule has 4 heteroatoms. The van der Waals surface area contributed by atoms with Gasteiger partial charge in [0.2, 0.25) is 0 Å². The van der Waals surface area contributed by atoms with Crippen LogP contribution in [0.5, 0.6) is 0 Å². The standard InChI is InChI=1S/C16H16O2S2/c1-9-5-6-15(19-9)16-8-13(12(4)20-16)7-14(10(2)17)11(3)18/h5-8H,1-4H3. The van der Waals surface area contributed by atoms with E-state index in [0.717, 1.165) is 10.4 Å². The highest BCUT2D eigenvalue weighted by molar-refractivity contribution is 7.22. The SMILES string of the molecule is CC(=O)C(=Cc1cc(-c2ccc(C)s2)sc1C)C(C)=O. The average Bonchev–Trinajstić information content (AvgIpc) is 2.92. The van der Waals surface area contributed by atoms with Crippen molar-refractivity contribution in [3.05, 3.63) is 39.1 Å². The highest BCUT2D eigenvalue weighted by Gasteiger charge is 2.13. The van der Waals surface area contributed by atoms with E-state index in [0.29, 0.717) is 0 Å². The van der Waals surface area contributed by atoms with Crippen LogP contribution in [-0.2, 0) is 9.59 Å². The summed E-state index contributed by atoms with van der Waals surface area (Å²) in [7, 11) is 0. The normalized spacial score (nSPS) is 10.4. The van der Waals surface area contributed by atoms with Crippen LogP contribution >= 0.6 is 22.7 Å². The minimum absolute atomic E-state index is 0.184. The maximum absolute atomic E-state index is 11.5. The first kappa shape index (κ1) is 14.9. The van der Waals surface area contributed by atoms with Gasteiger partial charge in [-0.3, -0.25) is 9.59 Å². The number of hydrogen-bond donors (Lipinski definition) is 0. The molecule has 20 heavy (non-hydrogen) atoms. The Morgan fingerprint density at radius 3 is 2.15 bits per heavy atom. The molecule has 0 aliphatic heterocycles. The molecule has 0 saturated carbocycles. The molecule has 2 aromatic heterocycles. The lowest BCUT2D eigenvalue weighted by Crippen LogP contribution is -2.05. The minimum atomic E-state index is -0.184. The van der Waals surface area contributed by atoms with Gasteiger partial charge in [-0.05, 0) is 57.5 Å². The Hall–Kier alpha value is -1.52. The summed E-state index contributed by atoms with van der Waals surface area (Å²) in [6.07, 6.45) is 1.71. The number of ketones is 2. The zero-order valence-electron chi connectivity index (χ0n) is 11.9. The number of Topliss-reactive ketones (excluding diaryl/α,β-unsaturated/α-hetero) is 2. The van der Waals surface area contributed by atoms with E-state index < -0.39 is 0 Å². The molecule has 0 atom stereocenters. The Labute approximate surface area is 126 Å². The summed E-state index contributed by atoms with van der Waals surface area (Å²) < 4.78 is 0. The van der Waals surface area contributed by atoms with E-state index in [9.17, 15) is 9.59 Å². The Balaban J connectivity index is 2.44. The number of carbonyl (C=O) groups excluding carboxylic acids is 2. The van der Waals surface area contributed by atoms with Gasteiger partial charge in [-0.25, -0.2) is 0 Å². The minimum Gasteiger partial charge on any atom is -0.294 e. The molecule has 0 aliphatic rings. The van der Waals surface area contributed by atoms with Crippen molar-refractivity contribution in [2.45, 2.75) is 27.7 Å². The van der Waals surface area contributed by atoms with Crippen LogP contribution in [0, 0.1) is 13.8 Å². The summed E-state index contributed by atoms with van der Waals surface area (Å²) >= 11 is 3.44. The number of hydrogen-bond acceptors (Lipinski definition) is 4. The first-order valence-corrected chi connectivity index (χ1v) is 7.92. The summed E-state index contributed by atoms with van der Waals surface area (Å²) in [6, 6.07) is 6.26. The molecule has 0 N–H and O–H groups in total. The van der Waals surface area contributed by atoms with Crippen molar-refractivity contribution < 1.29 is 9.59 Å². The van der Waals surface area contributed by atoms with Gasteiger partial charge in [0, 0.05) is 19.5 Å². The van der Waals surface area contributed by atoms with Gasteiger partial charge >= 0.3 is 0 Å². The van der Waals surface area contributed by atoms with Crippen molar-refractivity contribution in [1.29, 1.82) is 0 Å². The summed E-state index contributed by atoms with van der Waals surface area (Å²) in [5, 5.41) is 0. The third-order valence-corrected chi connectivity index (χ3v) is 5.26. The van der Waals surface area contributed by atoms with Gasteiger partial charge in [-0.1, -0.05) is 0 Å².